The van der Waals surface area contributed by atoms with E-state index >= 15 is 0 Å². The molecular formula is C22H24N2OS. The van der Waals surface area contributed by atoms with Crippen molar-refractivity contribution >= 4 is 22.9 Å². The lowest BCUT2D eigenvalue weighted by Crippen LogP contribution is -2.31. The monoisotopic (exact) mass is 364 g/mol. The van der Waals surface area contributed by atoms with Crippen molar-refractivity contribution in [3.05, 3.63) is 87.1 Å². The summed E-state index contributed by atoms with van der Waals surface area (Å²) in [5.41, 5.74) is 5.55. The van der Waals surface area contributed by atoms with E-state index in [-0.39, 0.29) is 18.5 Å². The predicted molar refractivity (Wildman–Crippen MR) is 110 cm³/mol. The third-order valence-corrected chi connectivity index (χ3v) is 5.52. The maximum Gasteiger partial charge on any atom is 0.238 e. The maximum atomic E-state index is 12.5. The van der Waals surface area contributed by atoms with Crippen LogP contribution in [0.2, 0.25) is 0 Å². The molecule has 0 saturated carbocycles. The Bertz CT molecular complexity index is 870. The molecule has 4 heteroatoms. The predicted octanol–water partition coefficient (Wildman–Crippen LogP) is 4.99. The number of nitrogens with one attached hydrogen (secondary N) is 2. The lowest BCUT2D eigenvalue weighted by atomic mass is 10.0. The molecule has 3 aromatic rings. The van der Waals surface area contributed by atoms with E-state index in [0.29, 0.717) is 0 Å². The zero-order chi connectivity index (χ0) is 18.5. The molecule has 0 fully saturated rings. The van der Waals surface area contributed by atoms with E-state index in [9.17, 15) is 4.79 Å². The number of hydrogen-bond donors (Lipinski definition) is 2. The number of carbonyl (C=O) groups excluding carboxylic acids is 1. The Balaban J connectivity index is 1.70. The highest BCUT2D eigenvalue weighted by Crippen LogP contribution is 2.26. The Labute approximate surface area is 159 Å². The van der Waals surface area contributed by atoms with Gasteiger partial charge in [-0.05, 0) is 55.0 Å². The van der Waals surface area contributed by atoms with Gasteiger partial charge >= 0.3 is 0 Å². The first kappa shape index (κ1) is 18.4. The van der Waals surface area contributed by atoms with E-state index in [0.717, 1.165) is 16.8 Å². The molecule has 0 aliphatic heterocycles. The first-order valence-electron chi connectivity index (χ1n) is 8.74. The van der Waals surface area contributed by atoms with Gasteiger partial charge in [-0.2, -0.15) is 0 Å². The minimum absolute atomic E-state index is 0.0138. The Kier molecular flexibility index (Phi) is 5.86. The van der Waals surface area contributed by atoms with Gasteiger partial charge in [0.05, 0.1) is 12.6 Å². The number of thiophene rings is 1. The van der Waals surface area contributed by atoms with Crippen molar-refractivity contribution < 1.29 is 4.79 Å². The van der Waals surface area contributed by atoms with Crippen LogP contribution in [0.5, 0.6) is 0 Å². The van der Waals surface area contributed by atoms with E-state index < -0.39 is 0 Å². The number of carbonyl (C=O) groups is 1. The summed E-state index contributed by atoms with van der Waals surface area (Å²) in [4.78, 5) is 13.7. The fourth-order valence-corrected chi connectivity index (χ4v) is 3.70. The van der Waals surface area contributed by atoms with Crippen LogP contribution in [0, 0.1) is 20.8 Å². The van der Waals surface area contributed by atoms with Crippen molar-refractivity contribution in [3.8, 4) is 0 Å². The maximum absolute atomic E-state index is 12.5. The van der Waals surface area contributed by atoms with E-state index in [1.807, 2.05) is 38.1 Å². The summed E-state index contributed by atoms with van der Waals surface area (Å²) in [5, 5.41) is 8.49. The molecule has 2 aromatic carbocycles. The average molecular weight is 365 g/mol. The number of hydrogen-bond acceptors (Lipinski definition) is 3. The van der Waals surface area contributed by atoms with Gasteiger partial charge in [-0.3, -0.25) is 10.1 Å². The summed E-state index contributed by atoms with van der Waals surface area (Å²) in [6.45, 7) is 6.41. The number of benzene rings is 2. The van der Waals surface area contributed by atoms with Crippen LogP contribution in [0.1, 0.15) is 33.2 Å². The summed E-state index contributed by atoms with van der Waals surface area (Å²) >= 11 is 1.70. The topological polar surface area (TPSA) is 41.1 Å². The minimum Gasteiger partial charge on any atom is -0.325 e. The van der Waals surface area contributed by atoms with Gasteiger partial charge in [0.15, 0.2) is 0 Å². The molecule has 0 radical (unpaired) electrons. The molecule has 0 aliphatic carbocycles. The third kappa shape index (κ3) is 4.40. The van der Waals surface area contributed by atoms with Crippen molar-refractivity contribution in [3.63, 3.8) is 0 Å². The Hall–Kier alpha value is -2.43. The van der Waals surface area contributed by atoms with E-state index in [4.69, 9.17) is 0 Å². The number of amides is 1. The summed E-state index contributed by atoms with van der Waals surface area (Å²) in [6, 6.07) is 18.6. The van der Waals surface area contributed by atoms with Gasteiger partial charge < -0.3 is 5.32 Å². The van der Waals surface area contributed by atoms with Crippen LogP contribution in [0.4, 0.5) is 5.69 Å². The molecule has 134 valence electrons. The van der Waals surface area contributed by atoms with Crippen molar-refractivity contribution in [1.29, 1.82) is 0 Å². The third-order valence-electron chi connectivity index (χ3n) is 4.58. The van der Waals surface area contributed by atoms with Crippen LogP contribution in [0.25, 0.3) is 0 Å². The molecule has 0 unspecified atom stereocenters. The largest absolute Gasteiger partial charge is 0.325 e. The summed E-state index contributed by atoms with van der Waals surface area (Å²) in [5.74, 6) is -0.0348. The molecule has 1 heterocycles. The molecule has 26 heavy (non-hydrogen) atoms. The highest BCUT2D eigenvalue weighted by Gasteiger charge is 2.16. The average Bonchev–Trinajstić information content (AvgIpc) is 3.15. The smallest absolute Gasteiger partial charge is 0.238 e. The van der Waals surface area contributed by atoms with Crippen LogP contribution >= 0.6 is 11.3 Å². The van der Waals surface area contributed by atoms with Gasteiger partial charge in [0.2, 0.25) is 5.91 Å². The van der Waals surface area contributed by atoms with Crippen molar-refractivity contribution in [2.45, 2.75) is 26.8 Å². The fraction of sp³-hybridized carbons (Fsp3) is 0.227. The highest BCUT2D eigenvalue weighted by molar-refractivity contribution is 7.10. The number of rotatable bonds is 6. The first-order chi connectivity index (χ1) is 12.5. The molecule has 0 saturated heterocycles. The van der Waals surface area contributed by atoms with E-state index in [2.05, 4.69) is 53.3 Å². The fourth-order valence-electron chi connectivity index (χ4n) is 2.87. The van der Waals surface area contributed by atoms with Crippen LogP contribution in [0.15, 0.2) is 60.0 Å². The van der Waals surface area contributed by atoms with Gasteiger partial charge in [0, 0.05) is 10.6 Å². The van der Waals surface area contributed by atoms with E-state index in [1.165, 1.54) is 16.0 Å². The van der Waals surface area contributed by atoms with Crippen LogP contribution < -0.4 is 10.6 Å². The normalized spacial score (nSPS) is 12.0. The van der Waals surface area contributed by atoms with Crippen molar-refractivity contribution in [2.24, 2.45) is 0 Å². The second-order valence-electron chi connectivity index (χ2n) is 6.54. The van der Waals surface area contributed by atoms with Gasteiger partial charge in [-0.15, -0.1) is 11.3 Å². The van der Waals surface area contributed by atoms with Gasteiger partial charge in [0.25, 0.3) is 0 Å². The van der Waals surface area contributed by atoms with Crippen LogP contribution in [-0.4, -0.2) is 12.5 Å². The molecule has 2 N–H and O–H groups in total. The number of anilines is 1. The summed E-state index contributed by atoms with van der Waals surface area (Å²) in [7, 11) is 0. The van der Waals surface area contributed by atoms with E-state index in [1.54, 1.807) is 11.3 Å². The first-order valence-corrected chi connectivity index (χ1v) is 9.62. The lowest BCUT2D eigenvalue weighted by Gasteiger charge is -2.18. The Morgan fingerprint density at radius 1 is 1.00 bits per heavy atom. The molecule has 3 nitrogen and oxygen atoms in total. The number of aryl methyl sites for hydroxylation is 2. The summed E-state index contributed by atoms with van der Waals surface area (Å²) in [6.07, 6.45) is 0. The quantitative estimate of drug-likeness (QED) is 0.647. The SMILES string of the molecule is Cc1ccc([C@@H](NCC(=O)Nc2cccc(C)c2C)c2cccs2)cc1. The zero-order valence-corrected chi connectivity index (χ0v) is 16.2. The van der Waals surface area contributed by atoms with Gasteiger partial charge in [0.1, 0.15) is 0 Å². The minimum atomic E-state index is -0.0348. The molecule has 3 rings (SSSR count). The van der Waals surface area contributed by atoms with Gasteiger partial charge in [-0.25, -0.2) is 0 Å². The molecule has 0 aliphatic rings. The zero-order valence-electron chi connectivity index (χ0n) is 15.4. The van der Waals surface area contributed by atoms with Crippen molar-refractivity contribution in [1.82, 2.24) is 5.32 Å². The second kappa shape index (κ2) is 8.30. The Morgan fingerprint density at radius 3 is 2.46 bits per heavy atom. The molecule has 0 bridgehead atoms. The lowest BCUT2D eigenvalue weighted by molar-refractivity contribution is -0.115. The van der Waals surface area contributed by atoms with Crippen molar-refractivity contribution in [2.75, 3.05) is 11.9 Å². The second-order valence-corrected chi connectivity index (χ2v) is 7.51. The molecule has 1 aromatic heterocycles. The highest BCUT2D eigenvalue weighted by atomic mass is 32.1. The van der Waals surface area contributed by atoms with Crippen LogP contribution in [0.3, 0.4) is 0 Å². The molecule has 1 atom stereocenters. The molecule has 0 spiro atoms. The van der Waals surface area contributed by atoms with Crippen LogP contribution in [-0.2, 0) is 4.79 Å². The summed E-state index contributed by atoms with van der Waals surface area (Å²) < 4.78 is 0. The standard InChI is InChI=1S/C22H24N2OS/c1-15-9-11-18(12-10-15)22(20-8-5-13-26-20)23-14-21(25)24-19-7-4-6-16(2)17(19)3/h4-13,22-23H,14H2,1-3H3,(H,24,25)/t22-/m1/s1. The molecular weight excluding hydrogens is 340 g/mol. The Morgan fingerprint density at radius 2 is 1.77 bits per heavy atom. The molecule has 1 amide bonds. The van der Waals surface area contributed by atoms with Gasteiger partial charge in [-0.1, -0.05) is 48.0 Å².